The average Bonchev–Trinajstić information content (AvgIpc) is 2.47. The molecule has 1 heterocycles. The van der Waals surface area contributed by atoms with Crippen molar-refractivity contribution in [2.24, 2.45) is 0 Å². The number of thioether (sulfide) groups is 1. The summed E-state index contributed by atoms with van der Waals surface area (Å²) in [4.78, 5) is 4.24. The number of hydrogen-bond acceptors (Lipinski definition) is 2. The first-order valence-electron chi connectivity index (χ1n) is 3.96. The third-order valence-electron chi connectivity index (χ3n) is 1.55. The Morgan fingerprint density at radius 3 is 3.00 bits per heavy atom. The molecule has 1 rings (SSSR count). The first-order chi connectivity index (χ1) is 5.38. The molecule has 0 fully saturated rings. The van der Waals surface area contributed by atoms with Crippen LogP contribution < -0.4 is 0 Å². The Hall–Kier alpha value is -0.440. The first kappa shape index (κ1) is 8.65. The van der Waals surface area contributed by atoms with Gasteiger partial charge >= 0.3 is 0 Å². The van der Waals surface area contributed by atoms with Crippen LogP contribution in [0.1, 0.15) is 19.7 Å². The second kappa shape index (κ2) is 4.44. The zero-order valence-electron chi connectivity index (χ0n) is 7.08. The largest absolute Gasteiger partial charge is 0.325 e. The molecule has 0 bridgehead atoms. The van der Waals surface area contributed by atoms with Crippen LogP contribution in [0, 0.1) is 0 Å². The van der Waals surface area contributed by atoms with Crippen molar-refractivity contribution in [2.75, 3.05) is 5.75 Å². The Bertz CT molecular complexity index is 208. The highest BCUT2D eigenvalue weighted by Gasteiger charge is 1.97. The molecule has 0 atom stereocenters. The number of aryl methyl sites for hydroxylation is 1. The quantitative estimate of drug-likeness (QED) is 0.689. The summed E-state index contributed by atoms with van der Waals surface area (Å²) in [7, 11) is 0. The molecule has 62 valence electrons. The molecule has 0 unspecified atom stereocenters. The van der Waals surface area contributed by atoms with Crippen molar-refractivity contribution >= 4 is 11.8 Å². The molecule has 1 aromatic rings. The fourth-order valence-electron chi connectivity index (χ4n) is 0.962. The molecule has 0 N–H and O–H groups in total. The summed E-state index contributed by atoms with van der Waals surface area (Å²) in [5.74, 6) is 3.40. The van der Waals surface area contributed by atoms with Gasteiger partial charge in [0.25, 0.3) is 0 Å². The molecular weight excluding hydrogens is 156 g/mol. The van der Waals surface area contributed by atoms with Crippen LogP contribution in [-0.4, -0.2) is 15.3 Å². The fraction of sp³-hybridized carbons (Fsp3) is 0.625. The molecule has 0 aliphatic carbocycles. The van der Waals surface area contributed by atoms with Crippen LogP contribution in [-0.2, 0) is 12.3 Å². The van der Waals surface area contributed by atoms with Crippen LogP contribution in [0.15, 0.2) is 12.4 Å². The second-order valence-electron chi connectivity index (χ2n) is 2.29. The van der Waals surface area contributed by atoms with E-state index in [0.29, 0.717) is 0 Å². The zero-order chi connectivity index (χ0) is 8.10. The number of rotatable bonds is 4. The smallest absolute Gasteiger partial charge is 0.109 e. The van der Waals surface area contributed by atoms with Gasteiger partial charge in [-0.15, -0.1) is 11.8 Å². The maximum absolute atomic E-state index is 4.24. The van der Waals surface area contributed by atoms with Gasteiger partial charge in [0, 0.05) is 18.8 Å². The topological polar surface area (TPSA) is 17.8 Å². The van der Waals surface area contributed by atoms with E-state index < -0.39 is 0 Å². The maximum Gasteiger partial charge on any atom is 0.109 e. The third-order valence-corrected chi connectivity index (χ3v) is 2.42. The van der Waals surface area contributed by atoms with Gasteiger partial charge in [0.15, 0.2) is 0 Å². The van der Waals surface area contributed by atoms with Crippen LogP contribution >= 0.6 is 11.8 Å². The molecule has 3 heteroatoms. The summed E-state index contributed by atoms with van der Waals surface area (Å²) in [6.07, 6.45) is 4.94. The van der Waals surface area contributed by atoms with Gasteiger partial charge in [-0.3, -0.25) is 0 Å². The van der Waals surface area contributed by atoms with Gasteiger partial charge in [0.05, 0.1) is 5.88 Å². The van der Waals surface area contributed by atoms with E-state index in [1.165, 1.54) is 11.6 Å². The van der Waals surface area contributed by atoms with Crippen LogP contribution in [0.2, 0.25) is 0 Å². The van der Waals surface area contributed by atoms with E-state index >= 15 is 0 Å². The van der Waals surface area contributed by atoms with Crippen molar-refractivity contribution in [3.8, 4) is 0 Å². The zero-order valence-corrected chi connectivity index (χ0v) is 7.90. The Balaban J connectivity index is 2.54. The van der Waals surface area contributed by atoms with E-state index in [4.69, 9.17) is 0 Å². The van der Waals surface area contributed by atoms with Crippen molar-refractivity contribution in [2.45, 2.75) is 26.1 Å². The average molecular weight is 170 g/mol. The van der Waals surface area contributed by atoms with Crippen LogP contribution in [0.25, 0.3) is 0 Å². The SMILES string of the molecule is CCSCn1ccnc1CC. The van der Waals surface area contributed by atoms with Crippen molar-refractivity contribution in [1.29, 1.82) is 0 Å². The van der Waals surface area contributed by atoms with Crippen LogP contribution in [0.4, 0.5) is 0 Å². The number of hydrogen-bond donors (Lipinski definition) is 0. The number of aromatic nitrogens is 2. The summed E-state index contributed by atoms with van der Waals surface area (Å²) in [6, 6.07) is 0. The fourth-order valence-corrected chi connectivity index (χ4v) is 1.58. The van der Waals surface area contributed by atoms with Gasteiger partial charge in [-0.05, 0) is 5.75 Å². The first-order valence-corrected chi connectivity index (χ1v) is 5.11. The lowest BCUT2D eigenvalue weighted by Crippen LogP contribution is -1.99. The predicted octanol–water partition coefficient (Wildman–Crippen LogP) is 2.16. The minimum atomic E-state index is 1.03. The standard InChI is InChI=1S/C8H14N2S/c1-3-8-9-5-6-10(8)7-11-4-2/h5-6H,3-4,7H2,1-2H3. The molecule has 1 aromatic heterocycles. The highest BCUT2D eigenvalue weighted by molar-refractivity contribution is 7.98. The van der Waals surface area contributed by atoms with Crippen LogP contribution in [0.5, 0.6) is 0 Å². The van der Waals surface area contributed by atoms with Crippen molar-refractivity contribution in [3.05, 3.63) is 18.2 Å². The summed E-state index contributed by atoms with van der Waals surface area (Å²) in [5.41, 5.74) is 0. The normalized spacial score (nSPS) is 10.4. The molecular formula is C8H14N2S. The molecule has 0 radical (unpaired) electrons. The van der Waals surface area contributed by atoms with Crippen molar-refractivity contribution < 1.29 is 0 Å². The monoisotopic (exact) mass is 170 g/mol. The minimum Gasteiger partial charge on any atom is -0.325 e. The lowest BCUT2D eigenvalue weighted by atomic mass is 10.5. The lowest BCUT2D eigenvalue weighted by Gasteiger charge is -2.03. The van der Waals surface area contributed by atoms with Crippen molar-refractivity contribution in [3.63, 3.8) is 0 Å². The third kappa shape index (κ3) is 2.26. The summed E-state index contributed by atoms with van der Waals surface area (Å²) in [6.45, 7) is 4.31. The van der Waals surface area contributed by atoms with E-state index in [9.17, 15) is 0 Å². The molecule has 0 saturated carbocycles. The molecule has 0 aliphatic heterocycles. The van der Waals surface area contributed by atoms with Crippen LogP contribution in [0.3, 0.4) is 0 Å². The molecule has 0 amide bonds. The van der Waals surface area contributed by atoms with Crippen molar-refractivity contribution in [1.82, 2.24) is 9.55 Å². The van der Waals surface area contributed by atoms with E-state index in [1.54, 1.807) is 0 Å². The minimum absolute atomic E-state index is 1.03. The molecule has 0 spiro atoms. The second-order valence-corrected chi connectivity index (χ2v) is 3.53. The molecule has 2 nitrogen and oxygen atoms in total. The Labute approximate surface area is 72.0 Å². The summed E-state index contributed by atoms with van der Waals surface area (Å²) < 4.78 is 2.20. The van der Waals surface area contributed by atoms with E-state index in [-0.39, 0.29) is 0 Å². The van der Waals surface area contributed by atoms with Gasteiger partial charge in [-0.2, -0.15) is 0 Å². The van der Waals surface area contributed by atoms with Gasteiger partial charge in [0.2, 0.25) is 0 Å². The van der Waals surface area contributed by atoms with Gasteiger partial charge in [-0.1, -0.05) is 13.8 Å². The Morgan fingerprint density at radius 2 is 2.36 bits per heavy atom. The van der Waals surface area contributed by atoms with E-state index in [2.05, 4.69) is 23.4 Å². The number of imidazole rings is 1. The van der Waals surface area contributed by atoms with Gasteiger partial charge < -0.3 is 4.57 Å². The van der Waals surface area contributed by atoms with E-state index in [0.717, 1.165) is 12.3 Å². The lowest BCUT2D eigenvalue weighted by molar-refractivity contribution is 0.793. The highest BCUT2D eigenvalue weighted by Crippen LogP contribution is 2.06. The van der Waals surface area contributed by atoms with E-state index in [1.807, 2.05) is 24.2 Å². The summed E-state index contributed by atoms with van der Waals surface area (Å²) in [5, 5.41) is 0. The van der Waals surface area contributed by atoms with Gasteiger partial charge in [0.1, 0.15) is 5.82 Å². The molecule has 0 aromatic carbocycles. The predicted molar refractivity (Wildman–Crippen MR) is 49.7 cm³/mol. The Kier molecular flexibility index (Phi) is 3.49. The number of nitrogens with zero attached hydrogens (tertiary/aromatic N) is 2. The molecule has 0 saturated heterocycles. The Morgan fingerprint density at radius 1 is 1.55 bits per heavy atom. The molecule has 11 heavy (non-hydrogen) atoms. The summed E-state index contributed by atoms with van der Waals surface area (Å²) >= 11 is 1.92. The van der Waals surface area contributed by atoms with Gasteiger partial charge in [-0.25, -0.2) is 4.98 Å². The highest BCUT2D eigenvalue weighted by atomic mass is 32.2. The molecule has 0 aliphatic rings. The maximum atomic E-state index is 4.24.